The molecule has 0 spiro atoms. The van der Waals surface area contributed by atoms with Gasteiger partial charge in [-0.05, 0) is 29.8 Å². The second-order valence-electron chi connectivity index (χ2n) is 5.31. The molecule has 1 heterocycles. The van der Waals surface area contributed by atoms with E-state index >= 15 is 0 Å². The Labute approximate surface area is 140 Å². The number of rotatable bonds is 5. The zero-order valence-corrected chi connectivity index (χ0v) is 13.6. The Balaban J connectivity index is 1.88. The lowest BCUT2D eigenvalue weighted by Crippen LogP contribution is -2.25. The van der Waals surface area contributed by atoms with Gasteiger partial charge in [0.05, 0.1) is 14.2 Å². The summed E-state index contributed by atoms with van der Waals surface area (Å²) in [5.41, 5.74) is 2.19. The fraction of sp³-hybridized carbons (Fsp3) is 0.158. The van der Waals surface area contributed by atoms with Crippen LogP contribution in [-0.4, -0.2) is 26.0 Å². The summed E-state index contributed by atoms with van der Waals surface area (Å²) in [7, 11) is 3.18. The molecule has 1 aliphatic heterocycles. The highest BCUT2D eigenvalue weighted by atomic mass is 16.5. The number of amidine groups is 1. The lowest BCUT2D eigenvalue weighted by Gasteiger charge is -2.07. The molecule has 5 nitrogen and oxygen atoms in total. The van der Waals surface area contributed by atoms with E-state index in [-0.39, 0.29) is 5.91 Å². The van der Waals surface area contributed by atoms with Crippen molar-refractivity contribution >= 4 is 17.8 Å². The molecule has 3 rings (SSSR count). The van der Waals surface area contributed by atoms with Crippen LogP contribution in [0.5, 0.6) is 11.5 Å². The third-order valence-corrected chi connectivity index (χ3v) is 3.69. The van der Waals surface area contributed by atoms with Gasteiger partial charge in [-0.1, -0.05) is 30.3 Å². The van der Waals surface area contributed by atoms with Gasteiger partial charge in [0.15, 0.2) is 0 Å². The van der Waals surface area contributed by atoms with Gasteiger partial charge >= 0.3 is 0 Å². The number of hydrogen-bond acceptors (Lipinski definition) is 4. The Morgan fingerprint density at radius 2 is 1.88 bits per heavy atom. The number of benzene rings is 2. The SMILES string of the molecule is COc1ccc(OC)c(/C=C2\N=C(Cc3ccccc3)NC2=O)c1. The minimum Gasteiger partial charge on any atom is -0.497 e. The minimum atomic E-state index is -0.217. The van der Waals surface area contributed by atoms with Crippen LogP contribution in [0.3, 0.4) is 0 Å². The molecule has 1 aliphatic rings. The van der Waals surface area contributed by atoms with Crippen LogP contribution in [0.4, 0.5) is 0 Å². The van der Waals surface area contributed by atoms with E-state index in [4.69, 9.17) is 9.47 Å². The van der Waals surface area contributed by atoms with Gasteiger partial charge in [0.25, 0.3) is 5.91 Å². The van der Waals surface area contributed by atoms with Crippen molar-refractivity contribution in [3.05, 3.63) is 65.4 Å². The number of amides is 1. The summed E-state index contributed by atoms with van der Waals surface area (Å²) in [6, 6.07) is 15.3. The first kappa shape index (κ1) is 15.8. The zero-order chi connectivity index (χ0) is 16.9. The van der Waals surface area contributed by atoms with E-state index in [1.807, 2.05) is 36.4 Å². The molecule has 1 N–H and O–H groups in total. The average Bonchev–Trinajstić information content (AvgIpc) is 2.94. The Morgan fingerprint density at radius 3 is 2.58 bits per heavy atom. The Hall–Kier alpha value is -3.08. The van der Waals surface area contributed by atoms with E-state index < -0.39 is 0 Å². The van der Waals surface area contributed by atoms with Gasteiger partial charge in [-0.2, -0.15) is 0 Å². The summed E-state index contributed by atoms with van der Waals surface area (Å²) in [6.45, 7) is 0. The number of methoxy groups -OCH3 is 2. The standard InChI is InChI=1S/C19H18N2O3/c1-23-15-8-9-17(24-2)14(11-15)12-16-19(22)21-18(20-16)10-13-6-4-3-5-7-13/h3-9,11-12H,10H2,1-2H3,(H,20,21,22)/b16-12-. The molecule has 0 fully saturated rings. The number of nitrogens with one attached hydrogen (secondary N) is 1. The van der Waals surface area contributed by atoms with Crippen molar-refractivity contribution in [3.63, 3.8) is 0 Å². The van der Waals surface area contributed by atoms with Crippen LogP contribution in [0.1, 0.15) is 11.1 Å². The van der Waals surface area contributed by atoms with Gasteiger partial charge in [-0.25, -0.2) is 4.99 Å². The fourth-order valence-electron chi connectivity index (χ4n) is 2.49. The molecule has 1 amide bonds. The number of aliphatic imine (C=N–C) groups is 1. The van der Waals surface area contributed by atoms with Crippen LogP contribution >= 0.6 is 0 Å². The van der Waals surface area contributed by atoms with Crippen LogP contribution in [0.25, 0.3) is 6.08 Å². The maximum atomic E-state index is 12.2. The molecule has 0 bridgehead atoms. The van der Waals surface area contributed by atoms with Gasteiger partial charge < -0.3 is 14.8 Å². The van der Waals surface area contributed by atoms with E-state index in [0.717, 1.165) is 11.1 Å². The van der Waals surface area contributed by atoms with E-state index in [9.17, 15) is 4.79 Å². The summed E-state index contributed by atoms with van der Waals surface area (Å²) >= 11 is 0. The van der Waals surface area contributed by atoms with Gasteiger partial charge in [-0.15, -0.1) is 0 Å². The molecule has 24 heavy (non-hydrogen) atoms. The molecular formula is C19H18N2O3. The first-order valence-corrected chi connectivity index (χ1v) is 7.56. The first-order valence-electron chi connectivity index (χ1n) is 7.56. The molecule has 122 valence electrons. The van der Waals surface area contributed by atoms with Gasteiger partial charge in [0.1, 0.15) is 23.0 Å². The van der Waals surface area contributed by atoms with Crippen LogP contribution < -0.4 is 14.8 Å². The van der Waals surface area contributed by atoms with Crippen LogP contribution in [0.15, 0.2) is 59.2 Å². The fourth-order valence-corrected chi connectivity index (χ4v) is 2.49. The van der Waals surface area contributed by atoms with E-state index in [1.54, 1.807) is 32.4 Å². The van der Waals surface area contributed by atoms with Crippen molar-refractivity contribution in [3.8, 4) is 11.5 Å². The maximum Gasteiger partial charge on any atom is 0.275 e. The van der Waals surface area contributed by atoms with Crippen molar-refractivity contribution < 1.29 is 14.3 Å². The molecule has 0 saturated heterocycles. The highest BCUT2D eigenvalue weighted by Crippen LogP contribution is 2.27. The molecule has 0 aliphatic carbocycles. The number of ether oxygens (including phenoxy) is 2. The smallest absolute Gasteiger partial charge is 0.275 e. The van der Waals surface area contributed by atoms with Crippen molar-refractivity contribution in [1.82, 2.24) is 5.32 Å². The number of hydrogen-bond donors (Lipinski definition) is 1. The normalized spacial score (nSPS) is 15.2. The summed E-state index contributed by atoms with van der Waals surface area (Å²) in [6.07, 6.45) is 2.29. The molecule has 0 saturated carbocycles. The molecule has 2 aromatic rings. The third kappa shape index (κ3) is 3.46. The van der Waals surface area contributed by atoms with E-state index in [0.29, 0.717) is 29.5 Å². The van der Waals surface area contributed by atoms with Crippen LogP contribution in [0, 0.1) is 0 Å². The largest absolute Gasteiger partial charge is 0.497 e. The van der Waals surface area contributed by atoms with E-state index in [1.165, 1.54) is 0 Å². The van der Waals surface area contributed by atoms with Crippen LogP contribution in [-0.2, 0) is 11.2 Å². The third-order valence-electron chi connectivity index (χ3n) is 3.69. The number of carbonyl (C=O) groups excluding carboxylic acids is 1. The topological polar surface area (TPSA) is 59.9 Å². The quantitative estimate of drug-likeness (QED) is 0.861. The lowest BCUT2D eigenvalue weighted by molar-refractivity contribution is -0.115. The molecule has 2 aromatic carbocycles. The van der Waals surface area contributed by atoms with Crippen molar-refractivity contribution in [2.45, 2.75) is 6.42 Å². The second-order valence-corrected chi connectivity index (χ2v) is 5.31. The molecule has 0 aromatic heterocycles. The summed E-state index contributed by atoms with van der Waals surface area (Å²) < 4.78 is 10.6. The Morgan fingerprint density at radius 1 is 1.08 bits per heavy atom. The van der Waals surface area contributed by atoms with Crippen LogP contribution in [0.2, 0.25) is 0 Å². The first-order chi connectivity index (χ1) is 11.7. The zero-order valence-electron chi connectivity index (χ0n) is 13.6. The molecule has 0 radical (unpaired) electrons. The lowest BCUT2D eigenvalue weighted by atomic mass is 10.1. The predicted octanol–water partition coefficient (Wildman–Crippen LogP) is 2.82. The monoisotopic (exact) mass is 322 g/mol. The van der Waals surface area contributed by atoms with Crippen molar-refractivity contribution in [1.29, 1.82) is 0 Å². The van der Waals surface area contributed by atoms with Gasteiger partial charge in [0, 0.05) is 12.0 Å². The molecular weight excluding hydrogens is 304 g/mol. The number of nitrogens with zero attached hydrogens (tertiary/aromatic N) is 1. The Bertz CT molecular complexity index is 811. The summed E-state index contributed by atoms with van der Waals surface area (Å²) in [4.78, 5) is 16.6. The predicted molar refractivity (Wildman–Crippen MR) is 93.2 cm³/mol. The van der Waals surface area contributed by atoms with Gasteiger partial charge in [-0.3, -0.25) is 4.79 Å². The average molecular weight is 322 g/mol. The highest BCUT2D eigenvalue weighted by molar-refractivity contribution is 6.14. The second kappa shape index (κ2) is 7.00. The van der Waals surface area contributed by atoms with Crippen molar-refractivity contribution in [2.24, 2.45) is 4.99 Å². The Kier molecular flexibility index (Phi) is 4.61. The minimum absolute atomic E-state index is 0.217. The summed E-state index contributed by atoms with van der Waals surface area (Å²) in [5.74, 6) is 1.77. The molecule has 0 unspecified atom stereocenters. The molecule has 5 heteroatoms. The van der Waals surface area contributed by atoms with E-state index in [2.05, 4.69) is 10.3 Å². The maximum absolute atomic E-state index is 12.2. The number of carbonyl (C=O) groups is 1. The van der Waals surface area contributed by atoms with Crippen molar-refractivity contribution in [2.75, 3.05) is 14.2 Å². The highest BCUT2D eigenvalue weighted by Gasteiger charge is 2.20. The molecule has 0 atom stereocenters. The summed E-state index contributed by atoms with van der Waals surface area (Å²) in [5, 5.41) is 2.81. The van der Waals surface area contributed by atoms with Gasteiger partial charge in [0.2, 0.25) is 0 Å².